The van der Waals surface area contributed by atoms with Gasteiger partial charge in [-0.1, -0.05) is 44.0 Å². The minimum absolute atomic E-state index is 0.215. The number of carbonyl (C=O) groups excluding carboxylic acids is 1. The topological polar surface area (TPSA) is 54.0 Å². The second-order valence-electron chi connectivity index (χ2n) is 7.68. The van der Waals surface area contributed by atoms with Gasteiger partial charge in [-0.2, -0.15) is 0 Å². The van der Waals surface area contributed by atoms with E-state index in [-0.39, 0.29) is 17.6 Å². The highest BCUT2D eigenvalue weighted by Gasteiger charge is 2.60. The van der Waals surface area contributed by atoms with Gasteiger partial charge in [-0.3, -0.25) is 0 Å². The van der Waals surface area contributed by atoms with Crippen molar-refractivity contribution in [1.82, 2.24) is 0 Å². The minimum Gasteiger partial charge on any atom is -0.490 e. The molecule has 4 atom stereocenters. The van der Waals surface area contributed by atoms with Crippen molar-refractivity contribution in [3.8, 4) is 11.5 Å². The van der Waals surface area contributed by atoms with Gasteiger partial charge in [0, 0.05) is 11.0 Å². The molecule has 0 N–H and O–H groups in total. The Balaban J connectivity index is 1.73. The number of carbonyl (C=O) groups is 1. The number of ether oxygens (including phenoxy) is 4. The van der Waals surface area contributed by atoms with E-state index in [0.717, 1.165) is 43.6 Å². The molecule has 1 aromatic rings. The molecule has 4 rings (SSSR count). The van der Waals surface area contributed by atoms with Crippen LogP contribution in [0.25, 0.3) is 0 Å². The van der Waals surface area contributed by atoms with Crippen LogP contribution in [0.4, 0.5) is 4.79 Å². The predicted molar refractivity (Wildman–Crippen MR) is 106 cm³/mol. The fraction of sp³-hybridized carbons (Fsp3) is 0.591. The van der Waals surface area contributed by atoms with Crippen molar-refractivity contribution in [3.05, 3.63) is 35.4 Å². The Morgan fingerprint density at radius 1 is 1.32 bits per heavy atom. The summed E-state index contributed by atoms with van der Waals surface area (Å²) in [5.74, 6) is 1.97. The standard InChI is InChI=1S/C22H27ClO5/c1-3-5-12-25-16-10-7-14-6-8-15-9-11-17(27-21(24)26-13-23)20-22(15,4-2)18(14)19(16)28-20/h7,9-11,15,17,20H,3-6,8,12-13H2,1-2H3/t15-,17+,20+,22+/m1/s1. The third-order valence-electron chi connectivity index (χ3n) is 6.39. The van der Waals surface area contributed by atoms with Crippen LogP contribution in [0, 0.1) is 5.92 Å². The summed E-state index contributed by atoms with van der Waals surface area (Å²) in [6.45, 7) is 5.00. The molecule has 3 aliphatic rings. The van der Waals surface area contributed by atoms with Gasteiger partial charge in [0.05, 0.1) is 6.61 Å². The van der Waals surface area contributed by atoms with Crippen LogP contribution in [-0.2, 0) is 21.3 Å². The van der Waals surface area contributed by atoms with Crippen LogP contribution in [0.2, 0.25) is 0 Å². The van der Waals surface area contributed by atoms with Gasteiger partial charge in [-0.15, -0.1) is 0 Å². The number of aryl methyl sites for hydroxylation is 1. The smallest absolute Gasteiger partial charge is 0.490 e. The van der Waals surface area contributed by atoms with Crippen LogP contribution in [0.1, 0.15) is 50.7 Å². The third-order valence-corrected chi connectivity index (χ3v) is 6.50. The average Bonchev–Trinajstić information content (AvgIpc) is 3.07. The molecule has 152 valence electrons. The molecule has 0 spiro atoms. The maximum absolute atomic E-state index is 11.9. The van der Waals surface area contributed by atoms with E-state index in [1.807, 2.05) is 12.1 Å². The zero-order chi connectivity index (χ0) is 19.7. The van der Waals surface area contributed by atoms with Crippen LogP contribution in [0.5, 0.6) is 11.5 Å². The van der Waals surface area contributed by atoms with E-state index in [2.05, 4.69) is 26.0 Å². The summed E-state index contributed by atoms with van der Waals surface area (Å²) in [4.78, 5) is 11.9. The fourth-order valence-electron chi connectivity index (χ4n) is 5.12. The van der Waals surface area contributed by atoms with E-state index in [9.17, 15) is 4.79 Å². The van der Waals surface area contributed by atoms with Crippen molar-refractivity contribution in [2.75, 3.05) is 12.7 Å². The predicted octanol–water partition coefficient (Wildman–Crippen LogP) is 5.12. The Labute approximate surface area is 170 Å². The molecule has 2 aliphatic carbocycles. The van der Waals surface area contributed by atoms with Gasteiger partial charge in [0.1, 0.15) is 6.10 Å². The summed E-state index contributed by atoms with van der Waals surface area (Å²) in [5, 5.41) is 0. The number of hydrogen-bond acceptors (Lipinski definition) is 5. The monoisotopic (exact) mass is 406 g/mol. The quantitative estimate of drug-likeness (QED) is 0.272. The molecule has 0 saturated heterocycles. The maximum Gasteiger partial charge on any atom is 0.510 e. The zero-order valence-electron chi connectivity index (χ0n) is 16.4. The molecule has 0 amide bonds. The maximum atomic E-state index is 11.9. The Kier molecular flexibility index (Phi) is 5.46. The van der Waals surface area contributed by atoms with E-state index in [0.29, 0.717) is 12.5 Å². The molecule has 0 fully saturated rings. The summed E-state index contributed by atoms with van der Waals surface area (Å²) in [7, 11) is 0. The van der Waals surface area contributed by atoms with Crippen LogP contribution in [-0.4, -0.2) is 31.0 Å². The van der Waals surface area contributed by atoms with E-state index < -0.39 is 12.3 Å². The van der Waals surface area contributed by atoms with Gasteiger partial charge < -0.3 is 18.9 Å². The molecule has 1 aromatic carbocycles. The van der Waals surface area contributed by atoms with Crippen molar-refractivity contribution in [3.63, 3.8) is 0 Å². The van der Waals surface area contributed by atoms with Crippen LogP contribution < -0.4 is 9.47 Å². The molecule has 0 aromatic heterocycles. The fourth-order valence-corrected chi connectivity index (χ4v) is 5.21. The van der Waals surface area contributed by atoms with Crippen molar-refractivity contribution < 1.29 is 23.7 Å². The van der Waals surface area contributed by atoms with Gasteiger partial charge in [0.25, 0.3) is 0 Å². The Bertz CT molecular complexity index is 776. The lowest BCUT2D eigenvalue weighted by atomic mass is 9.57. The highest BCUT2D eigenvalue weighted by Crippen LogP contribution is 2.60. The Morgan fingerprint density at radius 2 is 2.18 bits per heavy atom. The average molecular weight is 407 g/mol. The van der Waals surface area contributed by atoms with Crippen molar-refractivity contribution in [2.24, 2.45) is 5.92 Å². The second kappa shape index (κ2) is 7.86. The van der Waals surface area contributed by atoms with Gasteiger partial charge in [0.2, 0.25) is 0 Å². The molecule has 1 heterocycles. The number of alkyl halides is 1. The van der Waals surface area contributed by atoms with Gasteiger partial charge in [-0.05, 0) is 49.3 Å². The number of benzene rings is 1. The van der Waals surface area contributed by atoms with E-state index in [1.165, 1.54) is 11.1 Å². The van der Waals surface area contributed by atoms with E-state index in [4.69, 9.17) is 30.5 Å². The first-order valence-electron chi connectivity index (χ1n) is 10.2. The lowest BCUT2D eigenvalue weighted by Gasteiger charge is -2.47. The first-order valence-corrected chi connectivity index (χ1v) is 10.7. The van der Waals surface area contributed by atoms with Gasteiger partial charge >= 0.3 is 6.16 Å². The SMILES string of the molecule is CCCCOc1ccc2c3c1O[C@H]1[C@@H](OC(=O)OCCl)C=C[C@@H](CC2)[C@@]31CC. The van der Waals surface area contributed by atoms with Gasteiger partial charge in [-0.25, -0.2) is 4.79 Å². The van der Waals surface area contributed by atoms with Crippen molar-refractivity contribution >= 4 is 17.8 Å². The number of unbranched alkanes of at least 4 members (excludes halogenated alkanes) is 1. The zero-order valence-corrected chi connectivity index (χ0v) is 17.2. The normalized spacial score (nSPS) is 29.0. The molecule has 1 aliphatic heterocycles. The molecule has 0 bridgehead atoms. The van der Waals surface area contributed by atoms with E-state index in [1.54, 1.807) is 0 Å². The lowest BCUT2D eigenvalue weighted by Crippen LogP contribution is -2.54. The summed E-state index contributed by atoms with van der Waals surface area (Å²) in [6, 6.07) is 3.97. The molecule has 5 nitrogen and oxygen atoms in total. The first-order chi connectivity index (χ1) is 13.7. The van der Waals surface area contributed by atoms with Crippen molar-refractivity contribution in [1.29, 1.82) is 0 Å². The molecular formula is C22H27ClO5. The number of halogens is 1. The second-order valence-corrected chi connectivity index (χ2v) is 7.90. The molecular weight excluding hydrogens is 380 g/mol. The highest BCUT2D eigenvalue weighted by molar-refractivity contribution is 6.17. The largest absolute Gasteiger partial charge is 0.510 e. The Morgan fingerprint density at radius 3 is 2.93 bits per heavy atom. The number of rotatable bonds is 7. The summed E-state index contributed by atoms with van der Waals surface area (Å²) in [5.41, 5.74) is 2.35. The van der Waals surface area contributed by atoms with Crippen LogP contribution in [0.3, 0.4) is 0 Å². The number of hydrogen-bond donors (Lipinski definition) is 0. The minimum atomic E-state index is -0.774. The molecule has 0 unspecified atom stereocenters. The first kappa shape index (κ1) is 19.4. The van der Waals surface area contributed by atoms with E-state index >= 15 is 0 Å². The van der Waals surface area contributed by atoms with Gasteiger partial charge in [0.15, 0.2) is 23.7 Å². The Hall–Kier alpha value is -1.88. The third kappa shape index (κ3) is 2.95. The summed E-state index contributed by atoms with van der Waals surface area (Å²) < 4.78 is 22.9. The molecule has 0 saturated carbocycles. The number of allylic oxidation sites excluding steroid dienone is 1. The molecule has 28 heavy (non-hydrogen) atoms. The summed E-state index contributed by atoms with van der Waals surface area (Å²) >= 11 is 5.50. The van der Waals surface area contributed by atoms with Crippen LogP contribution in [0.15, 0.2) is 24.3 Å². The summed E-state index contributed by atoms with van der Waals surface area (Å²) in [6.07, 6.45) is 7.59. The lowest BCUT2D eigenvalue weighted by molar-refractivity contribution is -0.0322. The molecule has 6 heteroatoms. The highest BCUT2D eigenvalue weighted by atomic mass is 35.5. The van der Waals surface area contributed by atoms with Crippen molar-refractivity contribution in [2.45, 2.75) is 63.6 Å². The van der Waals surface area contributed by atoms with Crippen LogP contribution >= 0.6 is 11.6 Å². The molecule has 0 radical (unpaired) electrons.